The first-order valence-electron chi connectivity index (χ1n) is 10.8. The summed E-state index contributed by atoms with van der Waals surface area (Å²) < 4.78 is 11.3. The van der Waals surface area contributed by atoms with Crippen molar-refractivity contribution in [3.63, 3.8) is 0 Å². The van der Waals surface area contributed by atoms with Crippen LogP contribution in [0, 0.1) is 5.92 Å². The zero-order valence-electron chi connectivity index (χ0n) is 16.6. The molecular formula is C21H32N4O3. The molecule has 3 aliphatic heterocycles. The number of amides is 2. The Morgan fingerprint density at radius 3 is 2.57 bits per heavy atom. The number of likely N-dealkylation sites (tertiary alicyclic amines) is 1. The number of hydrogen-bond acceptors (Lipinski definition) is 5. The van der Waals surface area contributed by atoms with Crippen molar-refractivity contribution in [2.75, 3.05) is 44.3 Å². The van der Waals surface area contributed by atoms with Gasteiger partial charge in [-0.1, -0.05) is 18.9 Å². The second-order valence-electron chi connectivity index (χ2n) is 8.04. The van der Waals surface area contributed by atoms with E-state index in [-0.39, 0.29) is 18.2 Å². The van der Waals surface area contributed by atoms with Gasteiger partial charge in [-0.3, -0.25) is 0 Å². The number of aromatic nitrogens is 1. The van der Waals surface area contributed by atoms with E-state index in [9.17, 15) is 4.79 Å². The number of carbonyl (C=O) groups excluding carboxylic acids is 1. The van der Waals surface area contributed by atoms with E-state index in [0.29, 0.717) is 26.3 Å². The van der Waals surface area contributed by atoms with Crippen LogP contribution in [-0.2, 0) is 16.0 Å². The van der Waals surface area contributed by atoms with Gasteiger partial charge < -0.3 is 24.6 Å². The quantitative estimate of drug-likeness (QED) is 0.859. The van der Waals surface area contributed by atoms with Crippen LogP contribution in [0.5, 0.6) is 0 Å². The van der Waals surface area contributed by atoms with Crippen molar-refractivity contribution in [2.45, 2.75) is 51.4 Å². The topological polar surface area (TPSA) is 66.9 Å². The number of pyridine rings is 1. The van der Waals surface area contributed by atoms with Gasteiger partial charge in [-0.2, -0.15) is 0 Å². The van der Waals surface area contributed by atoms with Crippen molar-refractivity contribution < 1.29 is 14.3 Å². The zero-order valence-corrected chi connectivity index (χ0v) is 16.6. The number of hydrogen-bond donors (Lipinski definition) is 1. The molecule has 0 aromatic carbocycles. The van der Waals surface area contributed by atoms with E-state index < -0.39 is 0 Å². The van der Waals surface area contributed by atoms with E-state index in [1.54, 1.807) is 0 Å². The number of urea groups is 1. The minimum atomic E-state index is -0.147. The molecule has 1 unspecified atom stereocenters. The van der Waals surface area contributed by atoms with Crippen molar-refractivity contribution in [1.29, 1.82) is 0 Å². The molecule has 0 saturated carbocycles. The van der Waals surface area contributed by atoms with Crippen molar-refractivity contribution in [2.24, 2.45) is 5.92 Å². The monoisotopic (exact) mass is 388 g/mol. The molecule has 1 N–H and O–H groups in total. The van der Waals surface area contributed by atoms with Crippen LogP contribution in [0.2, 0.25) is 0 Å². The zero-order chi connectivity index (χ0) is 19.2. The predicted octanol–water partition coefficient (Wildman–Crippen LogP) is 2.76. The number of anilines is 1. The fraction of sp³-hybridized carbons (Fsp3) is 0.714. The Morgan fingerprint density at radius 1 is 1.07 bits per heavy atom. The summed E-state index contributed by atoms with van der Waals surface area (Å²) in [6, 6.07) is 4.14. The van der Waals surface area contributed by atoms with Crippen LogP contribution in [0.3, 0.4) is 0 Å². The lowest BCUT2D eigenvalue weighted by atomic mass is 9.98. The van der Waals surface area contributed by atoms with Crippen molar-refractivity contribution >= 4 is 11.8 Å². The molecule has 0 bridgehead atoms. The third-order valence-corrected chi connectivity index (χ3v) is 5.96. The Bertz CT molecular complexity index is 625. The summed E-state index contributed by atoms with van der Waals surface area (Å²) in [5.74, 6) is 1.32. The molecule has 4 rings (SSSR count). The van der Waals surface area contributed by atoms with E-state index in [4.69, 9.17) is 9.47 Å². The first kappa shape index (κ1) is 19.5. The largest absolute Gasteiger partial charge is 0.357 e. The highest BCUT2D eigenvalue weighted by Gasteiger charge is 2.32. The highest BCUT2D eigenvalue weighted by atomic mass is 16.7. The summed E-state index contributed by atoms with van der Waals surface area (Å²) >= 11 is 0. The Kier molecular flexibility index (Phi) is 6.65. The van der Waals surface area contributed by atoms with Gasteiger partial charge in [-0.15, -0.1) is 0 Å². The molecule has 7 nitrogen and oxygen atoms in total. The molecule has 0 radical (unpaired) electrons. The molecule has 3 saturated heterocycles. The van der Waals surface area contributed by atoms with Gasteiger partial charge in [0.2, 0.25) is 0 Å². The minimum Gasteiger partial charge on any atom is -0.357 e. The van der Waals surface area contributed by atoms with Gasteiger partial charge >= 0.3 is 6.03 Å². The van der Waals surface area contributed by atoms with Crippen molar-refractivity contribution in [3.8, 4) is 0 Å². The fourth-order valence-electron chi connectivity index (χ4n) is 4.36. The molecule has 3 aliphatic rings. The van der Waals surface area contributed by atoms with Crippen LogP contribution >= 0.6 is 0 Å². The van der Waals surface area contributed by atoms with Crippen LogP contribution < -0.4 is 10.2 Å². The van der Waals surface area contributed by atoms with Crippen LogP contribution in [0.25, 0.3) is 0 Å². The summed E-state index contributed by atoms with van der Waals surface area (Å²) in [4.78, 5) is 21.5. The molecule has 7 heteroatoms. The SMILES string of the molecule is O=C(NCc1ccc(N2CCCCCC2)nc1)N1CCCC(C2OCCO2)C1. The minimum absolute atomic E-state index is 0.0145. The first-order valence-corrected chi connectivity index (χ1v) is 10.8. The lowest BCUT2D eigenvalue weighted by Crippen LogP contribution is -2.47. The lowest BCUT2D eigenvalue weighted by Gasteiger charge is -2.34. The lowest BCUT2D eigenvalue weighted by molar-refractivity contribution is -0.0963. The number of ether oxygens (including phenoxy) is 2. The first-order chi connectivity index (χ1) is 13.8. The van der Waals surface area contributed by atoms with Gasteiger partial charge in [0.05, 0.1) is 13.2 Å². The summed E-state index contributed by atoms with van der Waals surface area (Å²) in [6.45, 7) is 5.50. The highest BCUT2D eigenvalue weighted by Crippen LogP contribution is 2.25. The Balaban J connectivity index is 1.26. The number of carbonyl (C=O) groups is 1. The van der Waals surface area contributed by atoms with Crippen LogP contribution in [0.15, 0.2) is 18.3 Å². The Hall–Kier alpha value is -1.86. The van der Waals surface area contributed by atoms with Gasteiger partial charge in [0, 0.05) is 44.8 Å². The smallest absolute Gasteiger partial charge is 0.317 e. The van der Waals surface area contributed by atoms with Crippen LogP contribution in [0.4, 0.5) is 10.6 Å². The number of rotatable bonds is 4. The molecule has 2 amide bonds. The third-order valence-electron chi connectivity index (χ3n) is 5.96. The molecule has 1 aromatic heterocycles. The highest BCUT2D eigenvalue weighted by molar-refractivity contribution is 5.74. The molecule has 4 heterocycles. The van der Waals surface area contributed by atoms with Gasteiger partial charge in [0.1, 0.15) is 5.82 Å². The molecule has 28 heavy (non-hydrogen) atoms. The number of nitrogens with zero attached hydrogens (tertiary/aromatic N) is 3. The van der Waals surface area contributed by atoms with E-state index >= 15 is 0 Å². The van der Waals surface area contributed by atoms with Crippen molar-refractivity contribution in [3.05, 3.63) is 23.9 Å². The van der Waals surface area contributed by atoms with Crippen LogP contribution in [0.1, 0.15) is 44.1 Å². The summed E-state index contributed by atoms with van der Waals surface area (Å²) in [5.41, 5.74) is 1.03. The summed E-state index contributed by atoms with van der Waals surface area (Å²) in [7, 11) is 0. The molecule has 3 fully saturated rings. The molecule has 0 spiro atoms. The van der Waals surface area contributed by atoms with Gasteiger partial charge in [-0.05, 0) is 37.3 Å². The molecule has 0 aliphatic carbocycles. The summed E-state index contributed by atoms with van der Waals surface area (Å²) in [6.07, 6.45) is 8.91. The second-order valence-corrected chi connectivity index (χ2v) is 8.04. The average molecular weight is 389 g/mol. The van der Waals surface area contributed by atoms with E-state index in [1.807, 2.05) is 11.1 Å². The molecular weight excluding hydrogens is 356 g/mol. The van der Waals surface area contributed by atoms with Gasteiger partial charge in [-0.25, -0.2) is 9.78 Å². The maximum atomic E-state index is 12.6. The Morgan fingerprint density at radius 2 is 1.86 bits per heavy atom. The fourth-order valence-corrected chi connectivity index (χ4v) is 4.36. The molecule has 1 aromatic rings. The number of piperidine rings is 1. The molecule has 1 atom stereocenters. The maximum Gasteiger partial charge on any atom is 0.317 e. The van der Waals surface area contributed by atoms with E-state index in [2.05, 4.69) is 27.3 Å². The van der Waals surface area contributed by atoms with Gasteiger partial charge in [0.15, 0.2) is 6.29 Å². The van der Waals surface area contributed by atoms with E-state index in [1.165, 1.54) is 25.7 Å². The Labute approximate surface area is 167 Å². The number of nitrogens with one attached hydrogen (secondary N) is 1. The standard InChI is InChI=1S/C21H32N4O3/c26-21(25-11-5-6-18(16-25)20-27-12-13-28-20)23-15-17-7-8-19(22-14-17)24-9-3-1-2-4-10-24/h7-8,14,18,20H,1-6,9-13,15-16H2,(H,23,26). The van der Waals surface area contributed by atoms with Crippen molar-refractivity contribution in [1.82, 2.24) is 15.2 Å². The predicted molar refractivity (Wildman–Crippen MR) is 107 cm³/mol. The van der Waals surface area contributed by atoms with Gasteiger partial charge in [0.25, 0.3) is 0 Å². The third kappa shape index (κ3) is 4.94. The summed E-state index contributed by atoms with van der Waals surface area (Å²) in [5, 5.41) is 3.04. The second kappa shape index (κ2) is 9.56. The average Bonchev–Trinajstić information content (AvgIpc) is 3.15. The maximum absolute atomic E-state index is 12.6. The van der Waals surface area contributed by atoms with E-state index in [0.717, 1.165) is 43.9 Å². The normalized spacial score (nSPS) is 24.2. The molecule has 154 valence electrons. The van der Waals surface area contributed by atoms with Crippen LogP contribution in [-0.4, -0.2) is 61.6 Å².